The second-order valence-corrected chi connectivity index (χ2v) is 6.80. The van der Waals surface area contributed by atoms with E-state index in [0.29, 0.717) is 0 Å². The molecule has 124 valence electrons. The van der Waals surface area contributed by atoms with Crippen LogP contribution in [0.5, 0.6) is 0 Å². The Balaban J connectivity index is 3.18. The van der Waals surface area contributed by atoms with Crippen molar-refractivity contribution in [1.82, 2.24) is 0 Å². The molecule has 1 N–H and O–H groups in total. The van der Waals surface area contributed by atoms with Crippen molar-refractivity contribution in [2.75, 3.05) is 0 Å². The summed E-state index contributed by atoms with van der Waals surface area (Å²) in [5.74, 6) is 0.0416. The fourth-order valence-electron chi connectivity index (χ4n) is 2.65. The van der Waals surface area contributed by atoms with E-state index in [1.165, 1.54) is 70.3 Å². The van der Waals surface area contributed by atoms with Gasteiger partial charge >= 0.3 is 5.97 Å². The fourth-order valence-corrected chi connectivity index (χ4v) is 2.65. The van der Waals surface area contributed by atoms with E-state index in [-0.39, 0.29) is 0 Å². The molecular weight excluding hydrogens is 260 g/mol. The van der Waals surface area contributed by atoms with E-state index in [9.17, 15) is 4.79 Å². The van der Waals surface area contributed by atoms with Crippen molar-refractivity contribution < 1.29 is 9.90 Å². The molecule has 2 heteroatoms. The molecule has 0 aliphatic carbocycles. The first-order valence-corrected chi connectivity index (χ1v) is 8.92. The van der Waals surface area contributed by atoms with E-state index in [2.05, 4.69) is 13.8 Å². The molecule has 0 radical (unpaired) electrons. The number of hydrogen-bond donors (Lipinski definition) is 1. The summed E-state index contributed by atoms with van der Waals surface area (Å²) in [6.07, 6.45) is 17.0. The van der Waals surface area contributed by atoms with E-state index in [1.54, 1.807) is 0 Å². The SMILES string of the molecule is CC(=CC(=O)O)CCCCCCCCCCCCC(C)C. The molecule has 0 saturated heterocycles. The summed E-state index contributed by atoms with van der Waals surface area (Å²) in [6.45, 7) is 6.52. The van der Waals surface area contributed by atoms with E-state index >= 15 is 0 Å². The normalized spacial score (nSPS) is 12.1. The summed E-state index contributed by atoms with van der Waals surface area (Å²) in [7, 11) is 0. The lowest BCUT2D eigenvalue weighted by Gasteiger charge is -2.05. The Labute approximate surface area is 132 Å². The minimum atomic E-state index is -0.819. The molecule has 0 atom stereocenters. The van der Waals surface area contributed by atoms with Gasteiger partial charge in [0.2, 0.25) is 0 Å². The van der Waals surface area contributed by atoms with Crippen LogP contribution in [0.15, 0.2) is 11.6 Å². The minimum absolute atomic E-state index is 0.819. The standard InChI is InChI=1S/C19H36O2/c1-17(2)14-12-10-8-6-4-5-7-9-11-13-15-18(3)16-19(20)21/h16-17H,4-15H2,1-3H3,(H,20,21). The monoisotopic (exact) mass is 296 g/mol. The maximum absolute atomic E-state index is 10.5. The van der Waals surface area contributed by atoms with E-state index in [1.807, 2.05) is 6.92 Å². The maximum atomic E-state index is 10.5. The van der Waals surface area contributed by atoms with Gasteiger partial charge in [-0.2, -0.15) is 0 Å². The van der Waals surface area contributed by atoms with Crippen LogP contribution in [0.2, 0.25) is 0 Å². The third-order valence-corrected chi connectivity index (χ3v) is 3.97. The number of carbonyl (C=O) groups is 1. The average molecular weight is 296 g/mol. The Morgan fingerprint density at radius 1 is 0.857 bits per heavy atom. The molecule has 0 unspecified atom stereocenters. The van der Waals surface area contributed by atoms with Gasteiger partial charge in [0.25, 0.3) is 0 Å². The van der Waals surface area contributed by atoms with Gasteiger partial charge in [-0.25, -0.2) is 4.79 Å². The third-order valence-electron chi connectivity index (χ3n) is 3.97. The van der Waals surface area contributed by atoms with Crippen LogP contribution in [0, 0.1) is 5.92 Å². The molecule has 0 aliphatic rings. The Morgan fingerprint density at radius 2 is 1.29 bits per heavy atom. The van der Waals surface area contributed by atoms with Crippen LogP contribution in [0.4, 0.5) is 0 Å². The van der Waals surface area contributed by atoms with Crippen LogP contribution in [0.25, 0.3) is 0 Å². The largest absolute Gasteiger partial charge is 0.478 e. The molecule has 0 saturated carbocycles. The Bertz CT molecular complexity index is 279. The van der Waals surface area contributed by atoms with Crippen molar-refractivity contribution in [3.63, 3.8) is 0 Å². The zero-order valence-corrected chi connectivity index (χ0v) is 14.5. The van der Waals surface area contributed by atoms with Gasteiger partial charge in [-0.3, -0.25) is 0 Å². The number of carboxylic acids is 1. The first-order valence-electron chi connectivity index (χ1n) is 8.92. The van der Waals surface area contributed by atoms with Gasteiger partial charge in [0, 0.05) is 6.08 Å². The van der Waals surface area contributed by atoms with Crippen LogP contribution < -0.4 is 0 Å². The molecule has 0 aliphatic heterocycles. The summed E-state index contributed by atoms with van der Waals surface area (Å²) in [5.41, 5.74) is 0.990. The second kappa shape index (κ2) is 14.2. The Morgan fingerprint density at radius 3 is 1.71 bits per heavy atom. The van der Waals surface area contributed by atoms with Gasteiger partial charge in [0.15, 0.2) is 0 Å². The zero-order valence-electron chi connectivity index (χ0n) is 14.5. The summed E-state index contributed by atoms with van der Waals surface area (Å²) in [6, 6.07) is 0. The molecule has 0 aromatic rings. The molecule has 0 amide bonds. The van der Waals surface area contributed by atoms with Crippen molar-refractivity contribution in [2.24, 2.45) is 5.92 Å². The van der Waals surface area contributed by atoms with Gasteiger partial charge in [0.05, 0.1) is 0 Å². The Kier molecular flexibility index (Phi) is 13.6. The maximum Gasteiger partial charge on any atom is 0.328 e. The van der Waals surface area contributed by atoms with Gasteiger partial charge in [-0.15, -0.1) is 0 Å². The lowest BCUT2D eigenvalue weighted by Crippen LogP contribution is -1.90. The molecule has 0 aromatic heterocycles. The third kappa shape index (κ3) is 17.2. The lowest BCUT2D eigenvalue weighted by molar-refractivity contribution is -0.131. The summed E-state index contributed by atoms with van der Waals surface area (Å²) < 4.78 is 0. The van der Waals surface area contributed by atoms with Gasteiger partial charge < -0.3 is 5.11 Å². The van der Waals surface area contributed by atoms with Crippen LogP contribution in [-0.4, -0.2) is 11.1 Å². The highest BCUT2D eigenvalue weighted by Gasteiger charge is 1.97. The first kappa shape index (κ1) is 20.2. The predicted molar refractivity (Wildman–Crippen MR) is 91.6 cm³/mol. The van der Waals surface area contributed by atoms with E-state index < -0.39 is 5.97 Å². The van der Waals surface area contributed by atoms with Gasteiger partial charge in [0.1, 0.15) is 0 Å². The van der Waals surface area contributed by atoms with Crippen molar-refractivity contribution in [1.29, 1.82) is 0 Å². The van der Waals surface area contributed by atoms with Gasteiger partial charge in [-0.05, 0) is 25.7 Å². The molecule has 0 bridgehead atoms. The van der Waals surface area contributed by atoms with Gasteiger partial charge in [-0.1, -0.05) is 83.6 Å². The quantitative estimate of drug-likeness (QED) is 0.299. The van der Waals surface area contributed by atoms with E-state index in [4.69, 9.17) is 5.11 Å². The highest BCUT2D eigenvalue weighted by atomic mass is 16.4. The predicted octanol–water partition coefficient (Wildman–Crippen LogP) is 6.35. The molecular formula is C19H36O2. The molecule has 2 nitrogen and oxygen atoms in total. The van der Waals surface area contributed by atoms with Crippen LogP contribution in [-0.2, 0) is 4.79 Å². The summed E-state index contributed by atoms with van der Waals surface area (Å²) in [4.78, 5) is 10.5. The number of unbranched alkanes of at least 4 members (excludes halogenated alkanes) is 9. The highest BCUT2D eigenvalue weighted by Crippen LogP contribution is 2.14. The highest BCUT2D eigenvalue weighted by molar-refractivity contribution is 5.80. The minimum Gasteiger partial charge on any atom is -0.478 e. The summed E-state index contributed by atoms with van der Waals surface area (Å²) >= 11 is 0. The zero-order chi connectivity index (χ0) is 15.9. The van der Waals surface area contributed by atoms with E-state index in [0.717, 1.165) is 24.3 Å². The van der Waals surface area contributed by atoms with Crippen LogP contribution in [0.1, 0.15) is 97.8 Å². The Hall–Kier alpha value is -0.790. The number of hydrogen-bond acceptors (Lipinski definition) is 1. The number of aliphatic carboxylic acids is 1. The van der Waals surface area contributed by atoms with Crippen LogP contribution in [0.3, 0.4) is 0 Å². The first-order chi connectivity index (χ1) is 10.0. The number of allylic oxidation sites excluding steroid dienone is 1. The van der Waals surface area contributed by atoms with Crippen molar-refractivity contribution in [3.05, 3.63) is 11.6 Å². The number of rotatable bonds is 14. The molecule has 0 fully saturated rings. The second-order valence-electron chi connectivity index (χ2n) is 6.80. The molecule has 0 spiro atoms. The van der Waals surface area contributed by atoms with Crippen molar-refractivity contribution in [3.8, 4) is 0 Å². The average Bonchev–Trinajstić information content (AvgIpc) is 2.38. The summed E-state index contributed by atoms with van der Waals surface area (Å²) in [5, 5.41) is 8.61. The van der Waals surface area contributed by atoms with Crippen molar-refractivity contribution in [2.45, 2.75) is 97.8 Å². The molecule has 0 aromatic carbocycles. The fraction of sp³-hybridized carbons (Fsp3) is 0.842. The van der Waals surface area contributed by atoms with Crippen molar-refractivity contribution >= 4 is 5.97 Å². The lowest BCUT2D eigenvalue weighted by atomic mass is 10.0. The molecule has 21 heavy (non-hydrogen) atoms. The number of carboxylic acid groups (broad SMARTS) is 1. The molecule has 0 heterocycles. The topological polar surface area (TPSA) is 37.3 Å². The smallest absolute Gasteiger partial charge is 0.328 e. The molecule has 0 rings (SSSR count). The van der Waals surface area contributed by atoms with Crippen LogP contribution >= 0.6 is 0 Å².